The van der Waals surface area contributed by atoms with Gasteiger partial charge in [0.1, 0.15) is 0 Å². The Morgan fingerprint density at radius 2 is 2.00 bits per heavy atom. The molecule has 1 aromatic carbocycles. The first-order chi connectivity index (χ1) is 10.1. The number of aliphatic carboxylic acids is 1. The van der Waals surface area contributed by atoms with E-state index in [1.165, 1.54) is 5.56 Å². The molecule has 5 heteroatoms. The van der Waals surface area contributed by atoms with Gasteiger partial charge in [-0.1, -0.05) is 36.4 Å². The predicted octanol–water partition coefficient (Wildman–Crippen LogP) is 1.31. The van der Waals surface area contributed by atoms with Gasteiger partial charge < -0.3 is 10.4 Å². The standard InChI is InChI=1S/C16H22N2O3/c1-2-11-18(12-9-16(20)21)13-15(19)17-10-8-14-6-4-3-5-7-14/h2-7H,1,8-13H2,(H,17,19)(H,20,21). The number of hydrogen-bond donors (Lipinski definition) is 2. The van der Waals surface area contributed by atoms with Crippen LogP contribution in [-0.4, -0.2) is 48.1 Å². The minimum absolute atomic E-state index is 0.0190. The molecule has 0 bridgehead atoms. The number of carbonyl (C=O) groups excluding carboxylic acids is 1. The first-order valence-electron chi connectivity index (χ1n) is 6.97. The summed E-state index contributed by atoms with van der Waals surface area (Å²) in [6, 6.07) is 9.92. The molecule has 0 radical (unpaired) electrons. The zero-order valence-corrected chi connectivity index (χ0v) is 12.1. The maximum absolute atomic E-state index is 11.8. The van der Waals surface area contributed by atoms with Crippen LogP contribution in [0.1, 0.15) is 12.0 Å². The summed E-state index contributed by atoms with van der Waals surface area (Å²) in [5, 5.41) is 11.5. The lowest BCUT2D eigenvalue weighted by molar-refractivity contribution is -0.137. The summed E-state index contributed by atoms with van der Waals surface area (Å²) in [6.07, 6.45) is 2.47. The van der Waals surface area contributed by atoms with Gasteiger partial charge in [-0.15, -0.1) is 6.58 Å². The molecule has 2 N–H and O–H groups in total. The van der Waals surface area contributed by atoms with Crippen LogP contribution in [0, 0.1) is 0 Å². The number of nitrogens with one attached hydrogen (secondary N) is 1. The Balaban J connectivity index is 2.29. The molecule has 0 saturated carbocycles. The number of nitrogens with zero attached hydrogens (tertiary/aromatic N) is 1. The summed E-state index contributed by atoms with van der Waals surface area (Å²) in [7, 11) is 0. The normalized spacial score (nSPS) is 10.3. The van der Waals surface area contributed by atoms with Crippen LogP contribution in [0.3, 0.4) is 0 Å². The van der Waals surface area contributed by atoms with E-state index >= 15 is 0 Å². The Morgan fingerprint density at radius 3 is 2.62 bits per heavy atom. The van der Waals surface area contributed by atoms with E-state index in [-0.39, 0.29) is 18.9 Å². The molecular formula is C16H22N2O3. The van der Waals surface area contributed by atoms with Crippen LogP contribution in [0.15, 0.2) is 43.0 Å². The highest BCUT2D eigenvalue weighted by Gasteiger charge is 2.10. The van der Waals surface area contributed by atoms with Gasteiger partial charge in [-0.2, -0.15) is 0 Å². The van der Waals surface area contributed by atoms with Crippen molar-refractivity contribution in [1.29, 1.82) is 0 Å². The van der Waals surface area contributed by atoms with Gasteiger partial charge in [-0.25, -0.2) is 0 Å². The van der Waals surface area contributed by atoms with Crippen LogP contribution < -0.4 is 5.32 Å². The second-order valence-corrected chi connectivity index (χ2v) is 4.75. The van der Waals surface area contributed by atoms with Crippen LogP contribution in [0.25, 0.3) is 0 Å². The molecule has 0 atom stereocenters. The van der Waals surface area contributed by atoms with E-state index in [4.69, 9.17) is 5.11 Å². The van der Waals surface area contributed by atoms with E-state index in [2.05, 4.69) is 11.9 Å². The lowest BCUT2D eigenvalue weighted by Crippen LogP contribution is -2.39. The Kier molecular flexibility index (Phi) is 7.82. The monoisotopic (exact) mass is 290 g/mol. The van der Waals surface area contributed by atoms with Crippen LogP contribution in [0.5, 0.6) is 0 Å². The van der Waals surface area contributed by atoms with Crippen molar-refractivity contribution in [2.45, 2.75) is 12.8 Å². The van der Waals surface area contributed by atoms with E-state index in [1.54, 1.807) is 11.0 Å². The second kappa shape index (κ2) is 9.72. The Morgan fingerprint density at radius 1 is 1.29 bits per heavy atom. The summed E-state index contributed by atoms with van der Waals surface area (Å²) in [5.41, 5.74) is 1.17. The first-order valence-corrected chi connectivity index (χ1v) is 6.97. The van der Waals surface area contributed by atoms with E-state index < -0.39 is 5.97 Å². The van der Waals surface area contributed by atoms with Gasteiger partial charge in [-0.05, 0) is 12.0 Å². The number of carboxylic acid groups (broad SMARTS) is 1. The van der Waals surface area contributed by atoms with Gasteiger partial charge in [0.25, 0.3) is 0 Å². The SMILES string of the molecule is C=CCN(CCC(=O)O)CC(=O)NCCc1ccccc1. The van der Waals surface area contributed by atoms with Crippen molar-refractivity contribution in [2.24, 2.45) is 0 Å². The Hall–Kier alpha value is -2.14. The molecular weight excluding hydrogens is 268 g/mol. The molecule has 0 aliphatic rings. The lowest BCUT2D eigenvalue weighted by Gasteiger charge is -2.19. The first kappa shape index (κ1) is 16.9. The predicted molar refractivity (Wildman–Crippen MR) is 82.0 cm³/mol. The summed E-state index contributed by atoms with van der Waals surface area (Å²) >= 11 is 0. The van der Waals surface area contributed by atoms with Crippen molar-refractivity contribution < 1.29 is 14.7 Å². The number of rotatable bonds is 10. The molecule has 0 aromatic heterocycles. The molecule has 0 aliphatic heterocycles. The maximum atomic E-state index is 11.8. The fraction of sp³-hybridized carbons (Fsp3) is 0.375. The minimum atomic E-state index is -0.867. The summed E-state index contributed by atoms with van der Waals surface area (Å²) < 4.78 is 0. The highest BCUT2D eigenvalue weighted by Crippen LogP contribution is 1.98. The third-order valence-electron chi connectivity index (χ3n) is 2.98. The molecule has 5 nitrogen and oxygen atoms in total. The highest BCUT2D eigenvalue weighted by atomic mass is 16.4. The smallest absolute Gasteiger partial charge is 0.304 e. The molecule has 1 amide bonds. The second-order valence-electron chi connectivity index (χ2n) is 4.75. The number of carbonyl (C=O) groups is 2. The molecule has 114 valence electrons. The summed E-state index contributed by atoms with van der Waals surface area (Å²) in [4.78, 5) is 24.2. The van der Waals surface area contributed by atoms with Crippen LogP contribution in [0.2, 0.25) is 0 Å². The van der Waals surface area contributed by atoms with Crippen LogP contribution in [0.4, 0.5) is 0 Å². The molecule has 0 aliphatic carbocycles. The van der Waals surface area contributed by atoms with Gasteiger partial charge in [0.15, 0.2) is 0 Å². The molecule has 1 aromatic rings. The van der Waals surface area contributed by atoms with E-state index in [0.717, 1.165) is 6.42 Å². The van der Waals surface area contributed by atoms with Gasteiger partial charge in [0.2, 0.25) is 5.91 Å². The molecule has 0 fully saturated rings. The average molecular weight is 290 g/mol. The molecule has 0 unspecified atom stereocenters. The summed E-state index contributed by atoms with van der Waals surface area (Å²) in [6.45, 7) is 5.22. The van der Waals surface area contributed by atoms with Gasteiger partial charge >= 0.3 is 5.97 Å². The van der Waals surface area contributed by atoms with Crippen molar-refractivity contribution in [1.82, 2.24) is 10.2 Å². The number of amides is 1. The van der Waals surface area contributed by atoms with Crippen LogP contribution >= 0.6 is 0 Å². The largest absolute Gasteiger partial charge is 0.481 e. The Bertz CT molecular complexity index is 460. The van der Waals surface area contributed by atoms with Crippen molar-refractivity contribution in [2.75, 3.05) is 26.2 Å². The quantitative estimate of drug-likeness (QED) is 0.637. The lowest BCUT2D eigenvalue weighted by atomic mass is 10.1. The zero-order valence-electron chi connectivity index (χ0n) is 12.1. The summed E-state index contributed by atoms with van der Waals surface area (Å²) in [5.74, 6) is -0.966. The van der Waals surface area contributed by atoms with Crippen molar-refractivity contribution in [3.8, 4) is 0 Å². The number of carboxylic acids is 1. The Labute approximate surface area is 125 Å². The van der Waals surface area contributed by atoms with Crippen molar-refractivity contribution in [3.63, 3.8) is 0 Å². The van der Waals surface area contributed by atoms with Crippen LogP contribution in [-0.2, 0) is 16.0 Å². The van der Waals surface area contributed by atoms with E-state index in [0.29, 0.717) is 19.6 Å². The molecule has 0 heterocycles. The van der Waals surface area contributed by atoms with Crippen molar-refractivity contribution in [3.05, 3.63) is 48.6 Å². The third kappa shape index (κ3) is 7.89. The van der Waals surface area contributed by atoms with Gasteiger partial charge in [-0.3, -0.25) is 14.5 Å². The fourth-order valence-electron chi connectivity index (χ4n) is 1.92. The maximum Gasteiger partial charge on any atom is 0.304 e. The number of benzene rings is 1. The third-order valence-corrected chi connectivity index (χ3v) is 2.98. The van der Waals surface area contributed by atoms with Gasteiger partial charge in [0.05, 0.1) is 13.0 Å². The average Bonchev–Trinajstić information content (AvgIpc) is 2.46. The molecule has 21 heavy (non-hydrogen) atoms. The fourth-order valence-corrected chi connectivity index (χ4v) is 1.92. The topological polar surface area (TPSA) is 69.6 Å². The molecule has 0 spiro atoms. The minimum Gasteiger partial charge on any atom is -0.481 e. The zero-order chi connectivity index (χ0) is 15.5. The highest BCUT2D eigenvalue weighted by molar-refractivity contribution is 5.78. The van der Waals surface area contributed by atoms with E-state index in [9.17, 15) is 9.59 Å². The van der Waals surface area contributed by atoms with Gasteiger partial charge in [0, 0.05) is 19.6 Å². The molecule has 1 rings (SSSR count). The molecule has 0 saturated heterocycles. The van der Waals surface area contributed by atoms with E-state index in [1.807, 2.05) is 30.3 Å². The van der Waals surface area contributed by atoms with Crippen molar-refractivity contribution >= 4 is 11.9 Å². The number of hydrogen-bond acceptors (Lipinski definition) is 3.